The van der Waals surface area contributed by atoms with E-state index in [2.05, 4.69) is 17.1 Å². The molecule has 1 amide bonds. The summed E-state index contributed by atoms with van der Waals surface area (Å²) in [5.41, 5.74) is 5.43. The minimum Gasteiger partial charge on any atom is -0.368 e. The van der Waals surface area contributed by atoms with E-state index < -0.39 is 0 Å². The largest absolute Gasteiger partial charge is 0.368 e. The van der Waals surface area contributed by atoms with Crippen LogP contribution in [-0.4, -0.2) is 42.5 Å². The van der Waals surface area contributed by atoms with Crippen molar-refractivity contribution < 1.29 is 4.79 Å². The molecule has 0 saturated carbocycles. The van der Waals surface area contributed by atoms with E-state index in [9.17, 15) is 4.79 Å². The summed E-state index contributed by atoms with van der Waals surface area (Å²) in [7, 11) is 0. The number of primary amides is 1. The minimum absolute atomic E-state index is 0.118. The lowest BCUT2D eigenvalue weighted by Gasteiger charge is -2.40. The van der Waals surface area contributed by atoms with Crippen LogP contribution in [0.15, 0.2) is 0 Å². The molecule has 1 heterocycles. The van der Waals surface area contributed by atoms with Crippen LogP contribution < -0.4 is 11.1 Å². The van der Waals surface area contributed by atoms with E-state index in [4.69, 9.17) is 5.73 Å². The molecule has 4 heteroatoms. The van der Waals surface area contributed by atoms with Gasteiger partial charge in [0.25, 0.3) is 0 Å². The van der Waals surface area contributed by atoms with Gasteiger partial charge in [-0.2, -0.15) is 0 Å². The zero-order valence-electron chi connectivity index (χ0n) is 9.29. The highest BCUT2D eigenvalue weighted by Gasteiger charge is 2.31. The van der Waals surface area contributed by atoms with E-state index in [1.807, 2.05) is 13.8 Å². The maximum Gasteiger partial charge on any atom is 0.235 e. The Labute approximate surface area is 85.8 Å². The molecule has 1 aliphatic heterocycles. The lowest BCUT2D eigenvalue weighted by Crippen LogP contribution is -2.59. The van der Waals surface area contributed by atoms with Crippen LogP contribution in [0, 0.1) is 5.92 Å². The Morgan fingerprint density at radius 3 is 2.64 bits per heavy atom. The number of amides is 1. The van der Waals surface area contributed by atoms with E-state index >= 15 is 0 Å². The van der Waals surface area contributed by atoms with Crippen molar-refractivity contribution in [3.8, 4) is 0 Å². The van der Waals surface area contributed by atoms with Gasteiger partial charge >= 0.3 is 0 Å². The topological polar surface area (TPSA) is 58.4 Å². The van der Waals surface area contributed by atoms with Crippen LogP contribution in [0.3, 0.4) is 0 Å². The van der Waals surface area contributed by atoms with Gasteiger partial charge in [-0.15, -0.1) is 0 Å². The van der Waals surface area contributed by atoms with Gasteiger partial charge in [-0.25, -0.2) is 0 Å². The lowest BCUT2D eigenvalue weighted by atomic mass is 9.99. The fourth-order valence-corrected chi connectivity index (χ4v) is 2.14. The Morgan fingerprint density at radius 1 is 1.57 bits per heavy atom. The first-order valence-electron chi connectivity index (χ1n) is 5.29. The highest BCUT2D eigenvalue weighted by molar-refractivity contribution is 5.80. The second kappa shape index (κ2) is 4.75. The first kappa shape index (κ1) is 11.5. The molecule has 0 spiro atoms. The van der Waals surface area contributed by atoms with Crippen LogP contribution in [0.1, 0.15) is 20.8 Å². The number of nitrogens with zero attached hydrogens (tertiary/aromatic N) is 1. The van der Waals surface area contributed by atoms with Crippen molar-refractivity contribution in [3.63, 3.8) is 0 Å². The van der Waals surface area contributed by atoms with E-state index in [1.54, 1.807) is 0 Å². The Hall–Kier alpha value is -0.610. The molecule has 1 rings (SSSR count). The standard InChI is InChI=1S/C10H21N3O/c1-7(2)9(10(11)14)13-5-4-12-6-8(13)3/h7-9,12H,4-6H2,1-3H3,(H2,11,14). The molecule has 4 nitrogen and oxygen atoms in total. The summed E-state index contributed by atoms with van der Waals surface area (Å²) in [5, 5.41) is 3.30. The van der Waals surface area contributed by atoms with Crippen LogP contribution in [0.5, 0.6) is 0 Å². The number of nitrogens with two attached hydrogens (primary N) is 1. The second-order valence-corrected chi connectivity index (χ2v) is 4.38. The Balaban J connectivity index is 2.70. The third-order valence-corrected chi connectivity index (χ3v) is 2.83. The molecule has 1 aliphatic rings. The first-order valence-corrected chi connectivity index (χ1v) is 5.29. The molecular weight excluding hydrogens is 178 g/mol. The number of hydrogen-bond donors (Lipinski definition) is 2. The highest BCUT2D eigenvalue weighted by atomic mass is 16.1. The van der Waals surface area contributed by atoms with Crippen molar-refractivity contribution in [3.05, 3.63) is 0 Å². The first-order chi connectivity index (χ1) is 6.54. The summed E-state index contributed by atoms with van der Waals surface area (Å²) >= 11 is 0. The molecule has 0 aromatic carbocycles. The molecule has 1 fully saturated rings. The van der Waals surface area contributed by atoms with E-state index in [-0.39, 0.29) is 17.9 Å². The summed E-state index contributed by atoms with van der Waals surface area (Å²) in [4.78, 5) is 13.6. The van der Waals surface area contributed by atoms with Gasteiger partial charge in [-0.1, -0.05) is 13.8 Å². The third-order valence-electron chi connectivity index (χ3n) is 2.83. The smallest absolute Gasteiger partial charge is 0.235 e. The fourth-order valence-electron chi connectivity index (χ4n) is 2.14. The number of carbonyl (C=O) groups excluding carboxylic acids is 1. The van der Waals surface area contributed by atoms with Crippen LogP contribution in [0.2, 0.25) is 0 Å². The highest BCUT2D eigenvalue weighted by Crippen LogP contribution is 2.15. The van der Waals surface area contributed by atoms with Crippen LogP contribution >= 0.6 is 0 Å². The number of piperazine rings is 1. The predicted octanol–water partition coefficient (Wildman–Crippen LogP) is -0.210. The summed E-state index contributed by atoms with van der Waals surface area (Å²) in [6.45, 7) is 9.02. The molecule has 0 bridgehead atoms. The molecule has 1 saturated heterocycles. The normalized spacial score (nSPS) is 26.4. The van der Waals surface area contributed by atoms with Gasteiger partial charge < -0.3 is 11.1 Å². The summed E-state index contributed by atoms with van der Waals surface area (Å²) in [5.74, 6) is 0.0850. The van der Waals surface area contributed by atoms with Crippen molar-refractivity contribution in [2.24, 2.45) is 11.7 Å². The molecule has 82 valence electrons. The number of hydrogen-bond acceptors (Lipinski definition) is 3. The van der Waals surface area contributed by atoms with Gasteiger partial charge in [0.15, 0.2) is 0 Å². The van der Waals surface area contributed by atoms with Crippen LogP contribution in [-0.2, 0) is 4.79 Å². The average Bonchev–Trinajstić information content (AvgIpc) is 2.07. The molecule has 0 aromatic rings. The molecular formula is C10H21N3O. The van der Waals surface area contributed by atoms with Gasteiger partial charge in [-0.05, 0) is 12.8 Å². The van der Waals surface area contributed by atoms with Gasteiger partial charge in [0.1, 0.15) is 0 Å². The summed E-state index contributed by atoms with van der Waals surface area (Å²) in [6, 6.07) is 0.274. The summed E-state index contributed by atoms with van der Waals surface area (Å²) in [6.07, 6.45) is 0. The molecule has 3 N–H and O–H groups in total. The van der Waals surface area contributed by atoms with Crippen molar-refractivity contribution >= 4 is 5.91 Å². The van der Waals surface area contributed by atoms with Gasteiger partial charge in [0.2, 0.25) is 5.91 Å². The fraction of sp³-hybridized carbons (Fsp3) is 0.900. The van der Waals surface area contributed by atoms with Gasteiger partial charge in [0.05, 0.1) is 6.04 Å². The molecule has 2 unspecified atom stereocenters. The molecule has 2 atom stereocenters. The monoisotopic (exact) mass is 199 g/mol. The number of nitrogens with one attached hydrogen (secondary N) is 1. The van der Waals surface area contributed by atoms with Crippen LogP contribution in [0.25, 0.3) is 0 Å². The Morgan fingerprint density at radius 2 is 2.21 bits per heavy atom. The number of rotatable bonds is 3. The second-order valence-electron chi connectivity index (χ2n) is 4.38. The van der Waals surface area contributed by atoms with Gasteiger partial charge in [-0.3, -0.25) is 9.69 Å². The predicted molar refractivity (Wildman–Crippen MR) is 56.9 cm³/mol. The SMILES string of the molecule is CC(C)C(C(N)=O)N1CCNCC1C. The molecule has 0 radical (unpaired) electrons. The van der Waals surface area contributed by atoms with Crippen LogP contribution in [0.4, 0.5) is 0 Å². The maximum atomic E-state index is 11.3. The van der Waals surface area contributed by atoms with Crippen molar-refractivity contribution in [1.82, 2.24) is 10.2 Å². The van der Waals surface area contributed by atoms with Gasteiger partial charge in [0, 0.05) is 25.7 Å². The zero-order chi connectivity index (χ0) is 10.7. The molecule has 0 aliphatic carbocycles. The van der Waals surface area contributed by atoms with Crippen molar-refractivity contribution in [1.29, 1.82) is 0 Å². The minimum atomic E-state index is -0.200. The quantitative estimate of drug-likeness (QED) is 0.661. The Bertz CT molecular complexity index is 206. The van der Waals surface area contributed by atoms with Crippen molar-refractivity contribution in [2.45, 2.75) is 32.9 Å². The Kier molecular flexibility index (Phi) is 3.89. The number of carbonyl (C=O) groups is 1. The average molecular weight is 199 g/mol. The zero-order valence-corrected chi connectivity index (χ0v) is 9.29. The van der Waals surface area contributed by atoms with E-state index in [0.29, 0.717) is 6.04 Å². The molecule has 14 heavy (non-hydrogen) atoms. The molecule has 0 aromatic heterocycles. The van der Waals surface area contributed by atoms with E-state index in [0.717, 1.165) is 19.6 Å². The van der Waals surface area contributed by atoms with Crippen molar-refractivity contribution in [2.75, 3.05) is 19.6 Å². The maximum absolute atomic E-state index is 11.3. The van der Waals surface area contributed by atoms with E-state index in [1.165, 1.54) is 0 Å². The summed E-state index contributed by atoms with van der Waals surface area (Å²) < 4.78 is 0. The lowest BCUT2D eigenvalue weighted by molar-refractivity contribution is -0.126. The third kappa shape index (κ3) is 2.45.